The monoisotopic (exact) mass is 437 g/mol. The van der Waals surface area contributed by atoms with Crippen molar-refractivity contribution in [1.82, 2.24) is 4.98 Å². The third kappa shape index (κ3) is 7.57. The maximum Gasteiger partial charge on any atom is 0.234 e. The van der Waals surface area contributed by atoms with E-state index in [2.05, 4.69) is 15.6 Å². The van der Waals surface area contributed by atoms with Gasteiger partial charge in [-0.1, -0.05) is 18.2 Å². The first-order chi connectivity index (χ1) is 14.6. The number of rotatable bonds is 9. The van der Waals surface area contributed by atoms with Crippen LogP contribution in [0.1, 0.15) is 11.1 Å². The van der Waals surface area contributed by atoms with Crippen molar-refractivity contribution < 1.29 is 9.59 Å². The van der Waals surface area contributed by atoms with E-state index in [9.17, 15) is 9.59 Å². The Hall–Kier alpha value is -2.77. The normalized spacial score (nSPS) is 10.4. The molecule has 0 fully saturated rings. The Morgan fingerprint density at radius 3 is 2.30 bits per heavy atom. The van der Waals surface area contributed by atoms with Crippen LogP contribution in [0.25, 0.3) is 0 Å². The lowest BCUT2D eigenvalue weighted by molar-refractivity contribution is -0.114. The van der Waals surface area contributed by atoms with E-state index in [1.54, 1.807) is 18.0 Å². The van der Waals surface area contributed by atoms with Gasteiger partial charge >= 0.3 is 0 Å². The van der Waals surface area contributed by atoms with Crippen LogP contribution in [-0.4, -0.2) is 28.3 Å². The molecule has 154 valence electrons. The van der Waals surface area contributed by atoms with Crippen molar-refractivity contribution in [3.63, 3.8) is 0 Å². The molecule has 0 aliphatic carbocycles. The van der Waals surface area contributed by atoms with Gasteiger partial charge in [-0.15, -0.1) is 23.5 Å². The summed E-state index contributed by atoms with van der Waals surface area (Å²) >= 11 is 3.01. The molecule has 3 aromatic rings. The van der Waals surface area contributed by atoms with Crippen LogP contribution >= 0.6 is 23.5 Å². The summed E-state index contributed by atoms with van der Waals surface area (Å²) in [4.78, 5) is 29.4. The highest BCUT2D eigenvalue weighted by Gasteiger charge is 2.07. The molecule has 0 saturated carbocycles. The van der Waals surface area contributed by atoms with E-state index >= 15 is 0 Å². The number of carbonyl (C=O) groups is 2. The summed E-state index contributed by atoms with van der Waals surface area (Å²) in [6.07, 6.45) is 3.63. The van der Waals surface area contributed by atoms with Crippen molar-refractivity contribution in [1.29, 1.82) is 0 Å². The van der Waals surface area contributed by atoms with Gasteiger partial charge in [0.25, 0.3) is 0 Å². The number of amides is 2. The first kappa shape index (κ1) is 21.9. The minimum atomic E-state index is -0.126. The number of nitrogens with zero attached hydrogens (tertiary/aromatic N) is 1. The quantitative estimate of drug-likeness (QED) is 0.461. The van der Waals surface area contributed by atoms with Crippen molar-refractivity contribution >= 4 is 46.7 Å². The molecule has 3 rings (SSSR count). The van der Waals surface area contributed by atoms with Crippen LogP contribution in [0.2, 0.25) is 0 Å². The molecule has 0 saturated heterocycles. The van der Waals surface area contributed by atoms with Gasteiger partial charge in [0, 0.05) is 34.4 Å². The zero-order valence-corrected chi connectivity index (χ0v) is 18.3. The van der Waals surface area contributed by atoms with E-state index in [0.29, 0.717) is 0 Å². The molecule has 0 aliphatic heterocycles. The van der Waals surface area contributed by atoms with Gasteiger partial charge in [-0.3, -0.25) is 14.6 Å². The Morgan fingerprint density at radius 1 is 0.900 bits per heavy atom. The zero-order chi connectivity index (χ0) is 21.2. The molecule has 30 heavy (non-hydrogen) atoms. The molecule has 0 aliphatic rings. The number of benzene rings is 2. The van der Waals surface area contributed by atoms with Crippen molar-refractivity contribution in [2.24, 2.45) is 0 Å². The molecule has 1 aromatic heterocycles. The van der Waals surface area contributed by atoms with Gasteiger partial charge in [0.15, 0.2) is 0 Å². The fourth-order valence-corrected chi connectivity index (χ4v) is 4.09. The summed E-state index contributed by atoms with van der Waals surface area (Å²) in [6, 6.07) is 19.4. The standard InChI is InChI=1S/C23H23N3O2S2/c1-17-4-2-6-20(12-17)26-23(28)16-29-15-22(27)25-19-7-9-21(10-8-19)30-14-18-5-3-11-24-13-18/h2-13H,14-16H2,1H3,(H,25,27)(H,26,28). The molecular weight excluding hydrogens is 414 g/mol. The maximum atomic E-state index is 12.1. The molecule has 0 bridgehead atoms. The molecule has 2 N–H and O–H groups in total. The highest BCUT2D eigenvalue weighted by atomic mass is 32.2. The number of nitrogens with one attached hydrogen (secondary N) is 2. The van der Waals surface area contributed by atoms with Crippen LogP contribution in [-0.2, 0) is 15.3 Å². The van der Waals surface area contributed by atoms with E-state index in [1.807, 2.05) is 73.8 Å². The van der Waals surface area contributed by atoms with Crippen LogP contribution in [0.3, 0.4) is 0 Å². The smallest absolute Gasteiger partial charge is 0.234 e. The summed E-state index contributed by atoms with van der Waals surface area (Å²) in [7, 11) is 0. The zero-order valence-electron chi connectivity index (χ0n) is 16.6. The average molecular weight is 438 g/mol. The Labute approximate surface area is 185 Å². The summed E-state index contributed by atoms with van der Waals surface area (Å²) in [5.74, 6) is 1.05. The Kier molecular flexibility index (Phi) is 8.35. The van der Waals surface area contributed by atoms with Gasteiger partial charge in [-0.25, -0.2) is 0 Å². The van der Waals surface area contributed by atoms with E-state index in [1.165, 1.54) is 17.3 Å². The van der Waals surface area contributed by atoms with Gasteiger partial charge < -0.3 is 10.6 Å². The van der Waals surface area contributed by atoms with E-state index in [0.717, 1.165) is 27.6 Å². The number of aromatic nitrogens is 1. The van der Waals surface area contributed by atoms with Gasteiger partial charge in [0.1, 0.15) is 0 Å². The third-order valence-corrected chi connectivity index (χ3v) is 6.05. The molecule has 2 aromatic carbocycles. The average Bonchev–Trinajstić information content (AvgIpc) is 2.74. The van der Waals surface area contributed by atoms with Crippen LogP contribution < -0.4 is 10.6 Å². The molecule has 2 amide bonds. The summed E-state index contributed by atoms with van der Waals surface area (Å²) in [6.45, 7) is 1.97. The Bertz CT molecular complexity index is 979. The Balaban J connectivity index is 1.36. The number of hydrogen-bond donors (Lipinski definition) is 2. The minimum Gasteiger partial charge on any atom is -0.325 e. The van der Waals surface area contributed by atoms with Gasteiger partial charge in [0.2, 0.25) is 11.8 Å². The SMILES string of the molecule is Cc1cccc(NC(=O)CSCC(=O)Nc2ccc(SCc3cccnc3)cc2)c1. The van der Waals surface area contributed by atoms with Gasteiger partial charge in [-0.05, 0) is 60.5 Å². The third-order valence-electron chi connectivity index (χ3n) is 4.03. The molecule has 0 atom stereocenters. The first-order valence-corrected chi connectivity index (χ1v) is 11.6. The molecule has 0 radical (unpaired) electrons. The van der Waals surface area contributed by atoms with Crippen LogP contribution in [0.15, 0.2) is 78.0 Å². The van der Waals surface area contributed by atoms with Gasteiger partial charge in [-0.2, -0.15) is 0 Å². The summed E-state index contributed by atoms with van der Waals surface area (Å²) < 4.78 is 0. The summed E-state index contributed by atoms with van der Waals surface area (Å²) in [5, 5.41) is 5.70. The number of thioether (sulfide) groups is 2. The van der Waals surface area contributed by atoms with Crippen LogP contribution in [0, 0.1) is 6.92 Å². The van der Waals surface area contributed by atoms with Crippen molar-refractivity contribution in [2.45, 2.75) is 17.6 Å². The predicted molar refractivity (Wildman–Crippen MR) is 126 cm³/mol. The fourth-order valence-electron chi connectivity index (χ4n) is 2.64. The highest BCUT2D eigenvalue weighted by molar-refractivity contribution is 8.00. The topological polar surface area (TPSA) is 71.1 Å². The Morgan fingerprint density at radius 2 is 1.63 bits per heavy atom. The molecule has 0 unspecified atom stereocenters. The molecule has 1 heterocycles. The van der Waals surface area contributed by atoms with Crippen molar-refractivity contribution in [3.8, 4) is 0 Å². The molecule has 7 heteroatoms. The fraction of sp³-hybridized carbons (Fsp3) is 0.174. The van der Waals surface area contributed by atoms with E-state index < -0.39 is 0 Å². The molecule has 0 spiro atoms. The molecular formula is C23H23N3O2S2. The van der Waals surface area contributed by atoms with Crippen LogP contribution in [0.5, 0.6) is 0 Å². The van der Waals surface area contributed by atoms with Crippen molar-refractivity contribution in [2.75, 3.05) is 22.1 Å². The second-order valence-corrected chi connectivity index (χ2v) is 8.67. The number of aryl methyl sites for hydroxylation is 1. The van der Waals surface area contributed by atoms with E-state index in [-0.39, 0.29) is 23.3 Å². The number of anilines is 2. The lowest BCUT2D eigenvalue weighted by Crippen LogP contribution is -2.18. The second kappa shape index (κ2) is 11.4. The maximum absolute atomic E-state index is 12.1. The largest absolute Gasteiger partial charge is 0.325 e. The number of hydrogen-bond acceptors (Lipinski definition) is 5. The minimum absolute atomic E-state index is 0.117. The molecule has 5 nitrogen and oxygen atoms in total. The van der Waals surface area contributed by atoms with Crippen molar-refractivity contribution in [3.05, 3.63) is 84.2 Å². The second-order valence-electron chi connectivity index (χ2n) is 6.63. The first-order valence-electron chi connectivity index (χ1n) is 9.44. The lowest BCUT2D eigenvalue weighted by Gasteiger charge is -2.08. The van der Waals surface area contributed by atoms with Crippen LogP contribution in [0.4, 0.5) is 11.4 Å². The predicted octanol–water partition coefficient (Wildman–Crippen LogP) is 4.99. The summed E-state index contributed by atoms with van der Waals surface area (Å²) in [5.41, 5.74) is 3.77. The van der Waals surface area contributed by atoms with Gasteiger partial charge in [0.05, 0.1) is 11.5 Å². The van der Waals surface area contributed by atoms with E-state index in [4.69, 9.17) is 0 Å². The number of carbonyl (C=O) groups excluding carboxylic acids is 2. The number of pyridine rings is 1. The lowest BCUT2D eigenvalue weighted by atomic mass is 10.2. The highest BCUT2D eigenvalue weighted by Crippen LogP contribution is 2.24.